The van der Waals surface area contributed by atoms with Gasteiger partial charge in [0.2, 0.25) is 5.89 Å². The smallest absolute Gasteiger partial charge is 0.286 e. The molecule has 1 aromatic carbocycles. The van der Waals surface area contributed by atoms with Gasteiger partial charge in [0.15, 0.2) is 11.5 Å². The second-order valence-electron chi connectivity index (χ2n) is 7.01. The number of likely N-dealkylation sites (tertiary alicyclic amines) is 1. The number of piperidine rings is 1. The fourth-order valence-corrected chi connectivity index (χ4v) is 3.59. The van der Waals surface area contributed by atoms with Gasteiger partial charge in [-0.05, 0) is 18.9 Å². The van der Waals surface area contributed by atoms with E-state index in [1.165, 1.54) is 38.9 Å². The fraction of sp³-hybridized carbons (Fsp3) is 0.350. The Labute approximate surface area is 176 Å². The lowest BCUT2D eigenvalue weighted by atomic mass is 9.96. The van der Waals surface area contributed by atoms with Crippen LogP contribution < -0.4 is 9.47 Å². The summed E-state index contributed by atoms with van der Waals surface area (Å²) in [5.41, 5.74) is 0.333. The number of hydrogen-bond donors (Lipinski definition) is 0. The van der Waals surface area contributed by atoms with Gasteiger partial charge in [-0.3, -0.25) is 14.9 Å². The van der Waals surface area contributed by atoms with Crippen LogP contribution >= 0.6 is 0 Å². The monoisotopic (exact) mass is 428 g/mol. The molecule has 2 aromatic heterocycles. The number of methoxy groups -OCH3 is 2. The topological polar surface area (TPSA) is 134 Å². The predicted molar refractivity (Wildman–Crippen MR) is 106 cm³/mol. The van der Waals surface area contributed by atoms with Crippen LogP contribution in [0.4, 0.5) is 5.69 Å². The molecule has 31 heavy (non-hydrogen) atoms. The van der Waals surface area contributed by atoms with Gasteiger partial charge in [0, 0.05) is 25.1 Å². The minimum Gasteiger partial charge on any atom is -0.493 e. The summed E-state index contributed by atoms with van der Waals surface area (Å²) in [6, 6.07) is 4.28. The van der Waals surface area contributed by atoms with Crippen molar-refractivity contribution in [2.75, 3.05) is 27.3 Å². The van der Waals surface area contributed by atoms with E-state index in [0.29, 0.717) is 43.3 Å². The van der Waals surface area contributed by atoms with Crippen molar-refractivity contribution < 1.29 is 28.0 Å². The number of nitro groups is 1. The zero-order chi connectivity index (χ0) is 22.0. The number of nitro benzene ring substituents is 1. The number of nitrogens with zero attached hydrogens (tertiary/aromatic N) is 4. The van der Waals surface area contributed by atoms with Crippen LogP contribution in [0.25, 0.3) is 11.5 Å². The second kappa shape index (κ2) is 8.46. The molecule has 0 spiro atoms. The highest BCUT2D eigenvalue weighted by molar-refractivity contribution is 5.99. The van der Waals surface area contributed by atoms with E-state index in [4.69, 9.17) is 18.3 Å². The Balaban J connectivity index is 1.49. The largest absolute Gasteiger partial charge is 0.493 e. The Hall–Kier alpha value is -3.89. The number of rotatable bonds is 6. The molecule has 0 aliphatic carbocycles. The molecule has 1 aliphatic heterocycles. The molecule has 1 fully saturated rings. The molecule has 0 saturated carbocycles. The van der Waals surface area contributed by atoms with E-state index < -0.39 is 10.8 Å². The third kappa shape index (κ3) is 3.93. The summed E-state index contributed by atoms with van der Waals surface area (Å²) in [6.07, 6.45) is 4.24. The van der Waals surface area contributed by atoms with Crippen LogP contribution in [0.1, 0.15) is 35.0 Å². The lowest BCUT2D eigenvalue weighted by Crippen LogP contribution is -2.38. The van der Waals surface area contributed by atoms with Crippen molar-refractivity contribution in [1.82, 2.24) is 15.1 Å². The van der Waals surface area contributed by atoms with Gasteiger partial charge in [-0.1, -0.05) is 0 Å². The molecule has 3 aromatic rings. The van der Waals surface area contributed by atoms with Crippen molar-refractivity contribution in [3.05, 3.63) is 52.3 Å². The van der Waals surface area contributed by atoms with Crippen LogP contribution in [0.3, 0.4) is 0 Å². The van der Waals surface area contributed by atoms with Crippen LogP contribution in [0.15, 0.2) is 39.6 Å². The first-order valence-corrected chi connectivity index (χ1v) is 9.57. The molecule has 0 unspecified atom stereocenters. The Morgan fingerprint density at radius 3 is 2.52 bits per heavy atom. The quantitative estimate of drug-likeness (QED) is 0.428. The van der Waals surface area contributed by atoms with Crippen molar-refractivity contribution in [1.29, 1.82) is 0 Å². The third-order valence-corrected chi connectivity index (χ3v) is 5.27. The summed E-state index contributed by atoms with van der Waals surface area (Å²) in [5, 5.41) is 19.7. The average Bonchev–Trinajstić information content (AvgIpc) is 3.49. The highest BCUT2D eigenvalue weighted by Crippen LogP contribution is 2.36. The molecular formula is C20H20N4O7. The van der Waals surface area contributed by atoms with Crippen LogP contribution in [0.2, 0.25) is 0 Å². The normalized spacial score (nSPS) is 14.5. The number of ether oxygens (including phenoxy) is 2. The molecule has 0 atom stereocenters. The number of carbonyl (C=O) groups is 1. The van der Waals surface area contributed by atoms with Crippen LogP contribution in [-0.2, 0) is 0 Å². The number of carbonyl (C=O) groups excluding carboxylic acids is 1. The van der Waals surface area contributed by atoms with Gasteiger partial charge in [-0.2, -0.15) is 0 Å². The molecule has 162 valence electrons. The molecule has 11 heteroatoms. The summed E-state index contributed by atoms with van der Waals surface area (Å²) >= 11 is 0. The standard InChI is InChI=1S/C20H20N4O7/c1-28-16-9-14(15(24(26)27)10-17(16)29-2)20(25)23-6-3-12(4-7-23)18-21-22-19(31-18)13-5-8-30-11-13/h5,8-12H,3-4,6-7H2,1-2H3. The summed E-state index contributed by atoms with van der Waals surface area (Å²) in [6.45, 7) is 0.802. The minimum atomic E-state index is -0.599. The van der Waals surface area contributed by atoms with E-state index in [0.717, 1.165) is 0 Å². The zero-order valence-corrected chi connectivity index (χ0v) is 16.9. The summed E-state index contributed by atoms with van der Waals surface area (Å²) in [5.74, 6) is 0.884. The van der Waals surface area contributed by atoms with Crippen LogP contribution in [-0.4, -0.2) is 53.2 Å². The van der Waals surface area contributed by atoms with Crippen LogP contribution in [0.5, 0.6) is 11.5 Å². The first-order valence-electron chi connectivity index (χ1n) is 9.57. The summed E-state index contributed by atoms with van der Waals surface area (Å²) < 4.78 is 21.1. The van der Waals surface area contributed by atoms with E-state index in [1.807, 2.05) is 0 Å². The first-order chi connectivity index (χ1) is 15.0. The SMILES string of the molecule is COc1cc(C(=O)N2CCC(c3nnc(-c4ccoc4)o3)CC2)c([N+](=O)[O-])cc1OC. The molecular weight excluding hydrogens is 408 g/mol. The molecule has 4 rings (SSSR count). The zero-order valence-electron chi connectivity index (χ0n) is 16.9. The van der Waals surface area contributed by atoms with Gasteiger partial charge in [0.05, 0.1) is 37.0 Å². The number of aromatic nitrogens is 2. The van der Waals surface area contributed by atoms with Gasteiger partial charge in [0.25, 0.3) is 17.5 Å². The molecule has 1 amide bonds. The number of hydrogen-bond acceptors (Lipinski definition) is 9. The van der Waals surface area contributed by atoms with E-state index in [-0.39, 0.29) is 28.7 Å². The lowest BCUT2D eigenvalue weighted by molar-refractivity contribution is -0.385. The maximum atomic E-state index is 13.1. The fourth-order valence-electron chi connectivity index (χ4n) is 3.59. The van der Waals surface area contributed by atoms with E-state index >= 15 is 0 Å². The summed E-state index contributed by atoms with van der Waals surface area (Å²) in [4.78, 5) is 25.6. The highest BCUT2D eigenvalue weighted by atomic mass is 16.6. The van der Waals surface area contributed by atoms with Gasteiger partial charge >= 0.3 is 0 Å². The first kappa shape index (κ1) is 20.4. The molecule has 1 saturated heterocycles. The van der Waals surface area contributed by atoms with Crippen LogP contribution in [0, 0.1) is 10.1 Å². The minimum absolute atomic E-state index is 0.00223. The average molecular weight is 428 g/mol. The molecule has 0 radical (unpaired) electrons. The van der Waals surface area contributed by atoms with E-state index in [9.17, 15) is 14.9 Å². The Kier molecular flexibility index (Phi) is 5.56. The Bertz CT molecular complexity index is 1090. The number of amides is 1. The van der Waals surface area contributed by atoms with Crippen molar-refractivity contribution in [2.45, 2.75) is 18.8 Å². The molecule has 0 N–H and O–H groups in total. The molecule has 0 bridgehead atoms. The predicted octanol–water partition coefficient (Wildman–Crippen LogP) is 3.27. The maximum Gasteiger partial charge on any atom is 0.286 e. The van der Waals surface area contributed by atoms with Gasteiger partial charge in [0.1, 0.15) is 11.8 Å². The van der Waals surface area contributed by atoms with Gasteiger partial charge < -0.3 is 23.2 Å². The van der Waals surface area contributed by atoms with Gasteiger partial charge in [-0.15, -0.1) is 10.2 Å². The highest BCUT2D eigenvalue weighted by Gasteiger charge is 2.32. The summed E-state index contributed by atoms with van der Waals surface area (Å²) in [7, 11) is 2.79. The van der Waals surface area contributed by atoms with E-state index in [1.54, 1.807) is 11.0 Å². The van der Waals surface area contributed by atoms with Crippen molar-refractivity contribution >= 4 is 11.6 Å². The van der Waals surface area contributed by atoms with Crippen molar-refractivity contribution in [3.63, 3.8) is 0 Å². The second-order valence-corrected chi connectivity index (χ2v) is 7.01. The van der Waals surface area contributed by atoms with Crippen molar-refractivity contribution in [3.8, 4) is 23.0 Å². The lowest BCUT2D eigenvalue weighted by Gasteiger charge is -2.30. The molecule has 3 heterocycles. The molecule has 11 nitrogen and oxygen atoms in total. The Morgan fingerprint density at radius 1 is 1.19 bits per heavy atom. The Morgan fingerprint density at radius 2 is 1.90 bits per heavy atom. The third-order valence-electron chi connectivity index (χ3n) is 5.27. The van der Waals surface area contributed by atoms with Crippen molar-refractivity contribution in [2.24, 2.45) is 0 Å². The molecule has 1 aliphatic rings. The number of benzene rings is 1. The van der Waals surface area contributed by atoms with Gasteiger partial charge in [-0.25, -0.2) is 0 Å². The number of furan rings is 1. The van der Waals surface area contributed by atoms with E-state index in [2.05, 4.69) is 10.2 Å². The maximum absolute atomic E-state index is 13.1.